The number of amides is 2. The second-order valence-corrected chi connectivity index (χ2v) is 6.42. The van der Waals surface area contributed by atoms with E-state index in [1.54, 1.807) is 24.1 Å². The van der Waals surface area contributed by atoms with Gasteiger partial charge in [-0.15, -0.1) is 0 Å². The number of hydrogen-bond donors (Lipinski definition) is 3. The van der Waals surface area contributed by atoms with E-state index in [1.165, 1.54) is 0 Å². The Kier molecular flexibility index (Phi) is 4.87. The van der Waals surface area contributed by atoms with Crippen LogP contribution in [-0.2, 0) is 11.3 Å². The van der Waals surface area contributed by atoms with Crippen LogP contribution in [0.1, 0.15) is 43.0 Å². The van der Waals surface area contributed by atoms with Gasteiger partial charge in [-0.3, -0.25) is 9.59 Å². The highest BCUT2D eigenvalue weighted by Gasteiger charge is 2.26. The lowest BCUT2D eigenvalue weighted by molar-refractivity contribution is -0.122. The van der Waals surface area contributed by atoms with E-state index >= 15 is 0 Å². The number of aryl methyl sites for hydroxylation is 1. The molecule has 0 radical (unpaired) electrons. The maximum absolute atomic E-state index is 12.3. The van der Waals surface area contributed by atoms with Gasteiger partial charge < -0.3 is 16.4 Å². The topological polar surface area (TPSA) is 115 Å². The molecule has 8 heteroatoms. The van der Waals surface area contributed by atoms with Crippen LogP contribution in [0.4, 0.5) is 5.69 Å². The second kappa shape index (κ2) is 7.08. The van der Waals surface area contributed by atoms with Gasteiger partial charge in [-0.25, -0.2) is 9.67 Å². The van der Waals surface area contributed by atoms with Gasteiger partial charge in [-0.1, -0.05) is 0 Å². The highest BCUT2D eigenvalue weighted by atomic mass is 16.2. The Labute approximate surface area is 146 Å². The predicted octanol–water partition coefficient (Wildman–Crippen LogP) is 1.27. The molecule has 0 unspecified atom stereocenters. The molecule has 0 aliphatic heterocycles. The number of aromatic nitrogens is 3. The van der Waals surface area contributed by atoms with E-state index in [0.29, 0.717) is 12.1 Å². The van der Waals surface area contributed by atoms with Gasteiger partial charge in [0.15, 0.2) is 5.65 Å². The molecule has 0 aromatic carbocycles. The van der Waals surface area contributed by atoms with Crippen molar-refractivity contribution >= 4 is 28.5 Å². The summed E-state index contributed by atoms with van der Waals surface area (Å²) < 4.78 is 1.80. The smallest absolute Gasteiger partial charge is 0.254 e. The van der Waals surface area contributed by atoms with E-state index in [2.05, 4.69) is 20.7 Å². The summed E-state index contributed by atoms with van der Waals surface area (Å²) in [5, 5.41) is 11.3. The minimum Gasteiger partial charge on any atom is -0.381 e. The minimum atomic E-state index is -0.222. The first-order valence-electron chi connectivity index (χ1n) is 8.67. The fourth-order valence-corrected chi connectivity index (χ4v) is 3.45. The van der Waals surface area contributed by atoms with Crippen molar-refractivity contribution in [3.8, 4) is 0 Å². The van der Waals surface area contributed by atoms with Crippen LogP contribution in [0.25, 0.3) is 11.0 Å². The lowest BCUT2D eigenvalue weighted by Crippen LogP contribution is -2.33. The van der Waals surface area contributed by atoms with Crippen molar-refractivity contribution in [2.45, 2.75) is 45.2 Å². The molecule has 1 saturated carbocycles. The number of nitrogens with two attached hydrogens (primary N) is 1. The van der Waals surface area contributed by atoms with E-state index < -0.39 is 0 Å². The quantitative estimate of drug-likeness (QED) is 0.755. The summed E-state index contributed by atoms with van der Waals surface area (Å²) in [6.07, 6.45) is 6.55. The first kappa shape index (κ1) is 17.2. The van der Waals surface area contributed by atoms with E-state index in [-0.39, 0.29) is 23.8 Å². The Morgan fingerprint density at radius 3 is 2.60 bits per heavy atom. The zero-order valence-electron chi connectivity index (χ0n) is 14.6. The van der Waals surface area contributed by atoms with E-state index in [4.69, 9.17) is 5.73 Å². The van der Waals surface area contributed by atoms with Crippen LogP contribution >= 0.6 is 0 Å². The van der Waals surface area contributed by atoms with E-state index in [9.17, 15) is 9.59 Å². The average molecular weight is 344 g/mol. The molecule has 2 aromatic heterocycles. The van der Waals surface area contributed by atoms with Gasteiger partial charge in [0.2, 0.25) is 5.91 Å². The number of primary amides is 1. The first-order chi connectivity index (χ1) is 12.0. The van der Waals surface area contributed by atoms with Crippen molar-refractivity contribution in [1.82, 2.24) is 20.1 Å². The molecular formula is C17H24N6O2. The number of hydrogen-bond acceptors (Lipinski definition) is 5. The van der Waals surface area contributed by atoms with Crippen LogP contribution in [0.2, 0.25) is 0 Å². The number of nitrogens with one attached hydrogen (secondary N) is 2. The summed E-state index contributed by atoms with van der Waals surface area (Å²) in [7, 11) is 1.60. The summed E-state index contributed by atoms with van der Waals surface area (Å²) in [5.41, 5.74) is 7.42. The lowest BCUT2D eigenvalue weighted by atomic mass is 9.85. The SMILES string of the molecule is CCn1ncc2c(NC3CCC(C(N)=O)CC3)c(C(=O)NC)cnc21. The molecular weight excluding hydrogens is 320 g/mol. The number of nitrogens with zero attached hydrogens (tertiary/aromatic N) is 3. The largest absolute Gasteiger partial charge is 0.381 e. The summed E-state index contributed by atoms with van der Waals surface area (Å²) in [4.78, 5) is 28.0. The van der Waals surface area contributed by atoms with Crippen LogP contribution in [0.15, 0.2) is 12.4 Å². The van der Waals surface area contributed by atoms with Crippen LogP contribution in [0.3, 0.4) is 0 Å². The number of carbonyl (C=O) groups is 2. The Morgan fingerprint density at radius 2 is 2.00 bits per heavy atom. The first-order valence-corrected chi connectivity index (χ1v) is 8.67. The maximum atomic E-state index is 12.3. The molecule has 0 bridgehead atoms. The number of fused-ring (bicyclic) bond motifs is 1. The molecule has 25 heavy (non-hydrogen) atoms. The number of pyridine rings is 1. The van der Waals surface area contributed by atoms with Gasteiger partial charge in [-0.2, -0.15) is 5.10 Å². The van der Waals surface area contributed by atoms with Gasteiger partial charge in [0.05, 0.1) is 22.8 Å². The molecule has 1 aliphatic carbocycles. The standard InChI is InChI=1S/C17H24N6O2/c1-3-23-16-12(9-21-23)14(13(8-20-16)17(25)19-2)22-11-6-4-10(5-7-11)15(18)24/h8-11H,3-7H2,1-2H3,(H2,18,24)(H,19,25)(H,20,22). The number of anilines is 1. The lowest BCUT2D eigenvalue weighted by Gasteiger charge is -2.29. The number of rotatable bonds is 5. The molecule has 2 heterocycles. The van der Waals surface area contributed by atoms with Crippen LogP contribution < -0.4 is 16.4 Å². The fraction of sp³-hybridized carbons (Fsp3) is 0.529. The monoisotopic (exact) mass is 344 g/mol. The molecule has 3 rings (SSSR count). The summed E-state index contributed by atoms with van der Waals surface area (Å²) in [6, 6.07) is 0.189. The molecule has 4 N–H and O–H groups in total. The molecule has 2 amide bonds. The second-order valence-electron chi connectivity index (χ2n) is 6.42. The predicted molar refractivity (Wildman–Crippen MR) is 95.2 cm³/mol. The Hall–Kier alpha value is -2.64. The molecule has 2 aromatic rings. The molecule has 0 spiro atoms. The van der Waals surface area contributed by atoms with Gasteiger partial charge >= 0.3 is 0 Å². The summed E-state index contributed by atoms with van der Waals surface area (Å²) >= 11 is 0. The van der Waals surface area contributed by atoms with Crippen molar-refractivity contribution in [2.24, 2.45) is 11.7 Å². The van der Waals surface area contributed by atoms with Crippen molar-refractivity contribution in [3.63, 3.8) is 0 Å². The highest BCUT2D eigenvalue weighted by molar-refractivity contribution is 6.06. The molecule has 8 nitrogen and oxygen atoms in total. The number of carbonyl (C=O) groups excluding carboxylic acids is 2. The van der Waals surface area contributed by atoms with Crippen molar-refractivity contribution in [1.29, 1.82) is 0 Å². The summed E-state index contributed by atoms with van der Waals surface area (Å²) in [5.74, 6) is -0.455. The average Bonchev–Trinajstić information content (AvgIpc) is 3.05. The Balaban J connectivity index is 1.92. The maximum Gasteiger partial charge on any atom is 0.254 e. The normalized spacial score (nSPS) is 20.4. The molecule has 1 aliphatic rings. The van der Waals surface area contributed by atoms with Gasteiger partial charge in [0.1, 0.15) is 0 Å². The molecule has 0 atom stereocenters. The molecule has 0 saturated heterocycles. The van der Waals surface area contributed by atoms with Gasteiger partial charge in [-0.05, 0) is 32.6 Å². The van der Waals surface area contributed by atoms with Crippen LogP contribution in [-0.4, -0.2) is 39.7 Å². The zero-order chi connectivity index (χ0) is 18.0. The molecule has 1 fully saturated rings. The van der Waals surface area contributed by atoms with Gasteiger partial charge in [0, 0.05) is 31.7 Å². The minimum absolute atomic E-state index is 0.0447. The van der Waals surface area contributed by atoms with E-state index in [1.807, 2.05) is 6.92 Å². The third-order valence-electron chi connectivity index (χ3n) is 4.92. The molecule has 134 valence electrons. The Bertz CT molecular complexity index is 792. The van der Waals surface area contributed by atoms with Crippen LogP contribution in [0.5, 0.6) is 0 Å². The van der Waals surface area contributed by atoms with Crippen molar-refractivity contribution in [2.75, 3.05) is 12.4 Å². The zero-order valence-corrected chi connectivity index (χ0v) is 14.6. The highest BCUT2D eigenvalue weighted by Crippen LogP contribution is 2.31. The third kappa shape index (κ3) is 3.29. The van der Waals surface area contributed by atoms with Crippen molar-refractivity contribution < 1.29 is 9.59 Å². The van der Waals surface area contributed by atoms with Gasteiger partial charge in [0.25, 0.3) is 5.91 Å². The Morgan fingerprint density at radius 1 is 1.28 bits per heavy atom. The van der Waals surface area contributed by atoms with E-state index in [0.717, 1.165) is 42.4 Å². The van der Waals surface area contributed by atoms with Crippen molar-refractivity contribution in [3.05, 3.63) is 18.0 Å². The fourth-order valence-electron chi connectivity index (χ4n) is 3.45. The van der Waals surface area contributed by atoms with Crippen LogP contribution in [0, 0.1) is 5.92 Å². The summed E-state index contributed by atoms with van der Waals surface area (Å²) in [6.45, 7) is 2.71. The third-order valence-corrected chi connectivity index (χ3v) is 4.92.